The van der Waals surface area contributed by atoms with Gasteiger partial charge in [-0.25, -0.2) is 0 Å². The molecule has 0 amide bonds. The molecule has 4 heteroatoms. The van der Waals surface area contributed by atoms with Crippen LogP contribution in [0.15, 0.2) is 36.6 Å². The van der Waals surface area contributed by atoms with E-state index in [1.807, 2.05) is 18.2 Å². The molecule has 0 aromatic heterocycles. The van der Waals surface area contributed by atoms with Gasteiger partial charge in [0, 0.05) is 19.7 Å². The lowest BCUT2D eigenvalue weighted by Crippen LogP contribution is -2.35. The fourth-order valence-electron chi connectivity index (χ4n) is 1.94. The summed E-state index contributed by atoms with van der Waals surface area (Å²) in [6, 6.07) is 0.138. The number of likely N-dealkylation sites (N-methyl/N-ethyl adjacent to an activating group) is 1. The third-order valence-electron chi connectivity index (χ3n) is 3.23. The van der Waals surface area contributed by atoms with Gasteiger partial charge in [0.1, 0.15) is 5.76 Å². The van der Waals surface area contributed by atoms with Gasteiger partial charge < -0.3 is 20.1 Å². The lowest BCUT2D eigenvalue weighted by atomic mass is 10.2. The standard InChI is InChI=1S/C17H32N2O2/c1-6-8-12-19(3)14-15(18)10-9-11-17(21-5)13-16(7-2)20-4/h7,9,11,13,15-16H,2,6,8,10,12,14,18H2,1,3-5H3/b11-9+,17-13?. The highest BCUT2D eigenvalue weighted by Crippen LogP contribution is 2.05. The molecule has 0 saturated carbocycles. The van der Waals surface area contributed by atoms with E-state index in [9.17, 15) is 0 Å². The van der Waals surface area contributed by atoms with Crippen molar-refractivity contribution in [3.63, 3.8) is 0 Å². The van der Waals surface area contributed by atoms with Gasteiger partial charge in [0.25, 0.3) is 0 Å². The molecule has 0 aliphatic heterocycles. The molecule has 4 nitrogen and oxygen atoms in total. The summed E-state index contributed by atoms with van der Waals surface area (Å²) < 4.78 is 10.5. The molecule has 0 spiro atoms. The summed E-state index contributed by atoms with van der Waals surface area (Å²) in [6.45, 7) is 7.92. The predicted octanol–water partition coefficient (Wildman–Crippen LogP) is 2.72. The van der Waals surface area contributed by atoms with Crippen LogP contribution in [0.3, 0.4) is 0 Å². The molecule has 0 saturated heterocycles. The summed E-state index contributed by atoms with van der Waals surface area (Å²) in [5.41, 5.74) is 6.13. The molecule has 0 aliphatic rings. The fraction of sp³-hybridized carbons (Fsp3) is 0.647. The van der Waals surface area contributed by atoms with Crippen molar-refractivity contribution in [2.75, 3.05) is 34.4 Å². The molecule has 0 aliphatic carbocycles. The molecule has 2 unspecified atom stereocenters. The molecular formula is C17H32N2O2. The van der Waals surface area contributed by atoms with Gasteiger partial charge in [-0.15, -0.1) is 6.58 Å². The van der Waals surface area contributed by atoms with E-state index in [-0.39, 0.29) is 12.1 Å². The number of unbranched alkanes of at least 4 members (excludes halogenated alkanes) is 1. The molecule has 2 atom stereocenters. The normalized spacial score (nSPS) is 15.4. The van der Waals surface area contributed by atoms with E-state index >= 15 is 0 Å². The third-order valence-corrected chi connectivity index (χ3v) is 3.23. The number of ether oxygens (including phenoxy) is 2. The van der Waals surface area contributed by atoms with Gasteiger partial charge >= 0.3 is 0 Å². The molecule has 0 radical (unpaired) electrons. The Morgan fingerprint density at radius 2 is 2.10 bits per heavy atom. The summed E-state index contributed by atoms with van der Waals surface area (Å²) in [4.78, 5) is 2.29. The van der Waals surface area contributed by atoms with E-state index in [4.69, 9.17) is 15.2 Å². The van der Waals surface area contributed by atoms with Crippen molar-refractivity contribution in [1.82, 2.24) is 4.90 Å². The summed E-state index contributed by atoms with van der Waals surface area (Å²) in [5.74, 6) is 0.758. The highest BCUT2D eigenvalue weighted by atomic mass is 16.5. The van der Waals surface area contributed by atoms with Gasteiger partial charge in [-0.05, 0) is 38.6 Å². The van der Waals surface area contributed by atoms with Gasteiger partial charge in [0.2, 0.25) is 0 Å². The van der Waals surface area contributed by atoms with Crippen LogP contribution in [-0.2, 0) is 9.47 Å². The first-order valence-corrected chi connectivity index (χ1v) is 7.59. The second-order valence-electron chi connectivity index (χ2n) is 5.22. The Morgan fingerprint density at radius 3 is 2.62 bits per heavy atom. The number of nitrogens with zero attached hydrogens (tertiary/aromatic N) is 1. The predicted molar refractivity (Wildman–Crippen MR) is 90.2 cm³/mol. The molecule has 122 valence electrons. The van der Waals surface area contributed by atoms with E-state index in [2.05, 4.69) is 25.5 Å². The quantitative estimate of drug-likeness (QED) is 0.342. The van der Waals surface area contributed by atoms with Crippen molar-refractivity contribution >= 4 is 0 Å². The first kappa shape index (κ1) is 19.9. The van der Waals surface area contributed by atoms with Crippen LogP contribution in [0.4, 0.5) is 0 Å². The van der Waals surface area contributed by atoms with E-state index in [0.29, 0.717) is 0 Å². The summed E-state index contributed by atoms with van der Waals surface area (Å²) in [5, 5.41) is 0. The number of allylic oxidation sites excluding steroid dienone is 1. The zero-order valence-corrected chi connectivity index (χ0v) is 14.0. The molecule has 0 heterocycles. The van der Waals surface area contributed by atoms with Crippen LogP contribution in [0, 0.1) is 0 Å². The Morgan fingerprint density at radius 1 is 1.38 bits per heavy atom. The maximum atomic E-state index is 6.13. The number of nitrogens with two attached hydrogens (primary N) is 1. The van der Waals surface area contributed by atoms with Crippen molar-refractivity contribution in [3.05, 3.63) is 36.6 Å². The topological polar surface area (TPSA) is 47.7 Å². The molecule has 0 aromatic carbocycles. The van der Waals surface area contributed by atoms with Gasteiger partial charge in [0.15, 0.2) is 0 Å². The molecule has 0 fully saturated rings. The van der Waals surface area contributed by atoms with Crippen LogP contribution in [0.1, 0.15) is 26.2 Å². The second-order valence-corrected chi connectivity index (χ2v) is 5.22. The molecule has 0 rings (SSSR count). The zero-order valence-electron chi connectivity index (χ0n) is 14.0. The average molecular weight is 296 g/mol. The molecule has 2 N–H and O–H groups in total. The maximum Gasteiger partial charge on any atom is 0.117 e. The largest absolute Gasteiger partial charge is 0.497 e. The number of hydrogen-bond acceptors (Lipinski definition) is 4. The van der Waals surface area contributed by atoms with Crippen LogP contribution in [0.5, 0.6) is 0 Å². The average Bonchev–Trinajstić information content (AvgIpc) is 2.48. The number of hydrogen-bond donors (Lipinski definition) is 1. The Bertz CT molecular complexity index is 327. The fourth-order valence-corrected chi connectivity index (χ4v) is 1.94. The summed E-state index contributed by atoms with van der Waals surface area (Å²) in [7, 11) is 5.40. The first-order chi connectivity index (χ1) is 10.1. The Balaban J connectivity index is 4.24. The SMILES string of the molecule is C=CC(C=C(/C=C/CC(N)CN(C)CCCC)OC)OC. The highest BCUT2D eigenvalue weighted by molar-refractivity contribution is 5.16. The highest BCUT2D eigenvalue weighted by Gasteiger charge is 2.05. The maximum absolute atomic E-state index is 6.13. The van der Waals surface area contributed by atoms with E-state index in [1.54, 1.807) is 20.3 Å². The molecule has 0 aromatic rings. The van der Waals surface area contributed by atoms with Crippen molar-refractivity contribution in [3.8, 4) is 0 Å². The van der Waals surface area contributed by atoms with Crippen LogP contribution in [0.25, 0.3) is 0 Å². The Labute approximate surface area is 130 Å². The van der Waals surface area contributed by atoms with Crippen LogP contribution in [0.2, 0.25) is 0 Å². The van der Waals surface area contributed by atoms with E-state index in [0.717, 1.165) is 25.3 Å². The summed E-state index contributed by atoms with van der Waals surface area (Å²) in [6.07, 6.45) is 10.7. The minimum atomic E-state index is -0.140. The van der Waals surface area contributed by atoms with E-state index < -0.39 is 0 Å². The van der Waals surface area contributed by atoms with Crippen molar-refractivity contribution in [1.29, 1.82) is 0 Å². The molecular weight excluding hydrogens is 264 g/mol. The minimum absolute atomic E-state index is 0.138. The zero-order chi connectivity index (χ0) is 16.1. The van der Waals surface area contributed by atoms with Gasteiger partial charge in [-0.1, -0.05) is 25.5 Å². The number of methoxy groups -OCH3 is 2. The Kier molecular flexibility index (Phi) is 12.0. The monoisotopic (exact) mass is 296 g/mol. The number of rotatable bonds is 12. The lowest BCUT2D eigenvalue weighted by molar-refractivity contribution is 0.172. The minimum Gasteiger partial charge on any atom is -0.497 e. The third kappa shape index (κ3) is 10.3. The van der Waals surface area contributed by atoms with Gasteiger partial charge in [0.05, 0.1) is 13.2 Å². The first-order valence-electron chi connectivity index (χ1n) is 7.59. The van der Waals surface area contributed by atoms with Crippen LogP contribution >= 0.6 is 0 Å². The Hall–Kier alpha value is -1.10. The second kappa shape index (κ2) is 12.6. The van der Waals surface area contributed by atoms with Crippen molar-refractivity contribution in [2.45, 2.75) is 38.3 Å². The lowest BCUT2D eigenvalue weighted by Gasteiger charge is -2.20. The van der Waals surface area contributed by atoms with Gasteiger partial charge in [-0.2, -0.15) is 0 Å². The van der Waals surface area contributed by atoms with Crippen LogP contribution < -0.4 is 5.73 Å². The summed E-state index contributed by atoms with van der Waals surface area (Å²) >= 11 is 0. The van der Waals surface area contributed by atoms with E-state index in [1.165, 1.54) is 12.8 Å². The van der Waals surface area contributed by atoms with Crippen molar-refractivity contribution < 1.29 is 9.47 Å². The van der Waals surface area contributed by atoms with Crippen LogP contribution in [-0.4, -0.2) is 51.4 Å². The van der Waals surface area contributed by atoms with Crippen molar-refractivity contribution in [2.24, 2.45) is 5.73 Å². The smallest absolute Gasteiger partial charge is 0.117 e. The van der Waals surface area contributed by atoms with Gasteiger partial charge in [-0.3, -0.25) is 0 Å². The molecule has 21 heavy (non-hydrogen) atoms. The molecule has 0 bridgehead atoms.